The molecule has 0 heterocycles. The normalized spacial score (nSPS) is 23.8. The van der Waals surface area contributed by atoms with Crippen LogP contribution in [0, 0.1) is 11.8 Å². The molecule has 3 nitrogen and oxygen atoms in total. The van der Waals surface area contributed by atoms with Gasteiger partial charge in [0.15, 0.2) is 0 Å². The number of hydrogen-bond acceptors (Lipinski definition) is 2. The first-order valence-electron chi connectivity index (χ1n) is 6.68. The largest absolute Gasteiger partial charge is 0.354 e. The maximum Gasteiger partial charge on any atom is 0.223 e. The van der Waals surface area contributed by atoms with E-state index in [1.165, 1.54) is 5.56 Å². The number of carbonyl (C=O) groups excluding carboxylic acids is 1. The van der Waals surface area contributed by atoms with E-state index < -0.39 is 0 Å². The third-order valence-corrected chi connectivity index (χ3v) is 3.72. The first-order chi connectivity index (χ1) is 8.59. The highest BCUT2D eigenvalue weighted by Gasteiger charge is 2.43. The molecule has 0 radical (unpaired) electrons. The minimum absolute atomic E-state index is 0.0443. The third-order valence-electron chi connectivity index (χ3n) is 3.72. The van der Waals surface area contributed by atoms with Gasteiger partial charge in [-0.05, 0) is 23.8 Å². The van der Waals surface area contributed by atoms with Crippen LogP contribution in [0.3, 0.4) is 0 Å². The molecule has 1 aliphatic carbocycles. The summed E-state index contributed by atoms with van der Waals surface area (Å²) in [4.78, 5) is 11.9. The molecular weight excluding hydrogens is 224 g/mol. The van der Waals surface area contributed by atoms with Gasteiger partial charge in [-0.1, -0.05) is 44.2 Å². The Kier molecular flexibility index (Phi) is 4.02. The van der Waals surface area contributed by atoms with Crippen LogP contribution < -0.4 is 11.1 Å². The summed E-state index contributed by atoms with van der Waals surface area (Å²) in [6, 6.07) is 10.3. The van der Waals surface area contributed by atoms with Crippen LogP contribution in [-0.2, 0) is 4.79 Å². The highest BCUT2D eigenvalue weighted by atomic mass is 16.2. The second-order valence-electron chi connectivity index (χ2n) is 5.51. The van der Waals surface area contributed by atoms with E-state index in [0.717, 1.165) is 6.42 Å². The summed E-state index contributed by atoms with van der Waals surface area (Å²) < 4.78 is 0. The molecule has 3 heteroatoms. The summed E-state index contributed by atoms with van der Waals surface area (Å²) >= 11 is 0. The van der Waals surface area contributed by atoms with E-state index in [-0.39, 0.29) is 17.9 Å². The molecule has 3 N–H and O–H groups in total. The van der Waals surface area contributed by atoms with Crippen molar-refractivity contribution in [1.29, 1.82) is 0 Å². The van der Waals surface area contributed by atoms with Gasteiger partial charge in [-0.25, -0.2) is 0 Å². The zero-order valence-electron chi connectivity index (χ0n) is 11.1. The topological polar surface area (TPSA) is 55.1 Å². The summed E-state index contributed by atoms with van der Waals surface area (Å²) in [5.74, 6) is 1.10. The van der Waals surface area contributed by atoms with Gasteiger partial charge in [-0.3, -0.25) is 4.79 Å². The van der Waals surface area contributed by atoms with Crippen molar-refractivity contribution in [1.82, 2.24) is 5.32 Å². The van der Waals surface area contributed by atoms with Crippen molar-refractivity contribution in [2.24, 2.45) is 17.6 Å². The van der Waals surface area contributed by atoms with Crippen molar-refractivity contribution in [3.8, 4) is 0 Å². The number of rotatable bonds is 5. The predicted molar refractivity (Wildman–Crippen MR) is 73.1 cm³/mol. The molecule has 0 aliphatic heterocycles. The minimum atomic E-state index is 0.0443. The molecule has 0 aromatic heterocycles. The Morgan fingerprint density at radius 2 is 2.06 bits per heavy atom. The fraction of sp³-hybridized carbons (Fsp3) is 0.533. The van der Waals surface area contributed by atoms with Crippen LogP contribution in [0.4, 0.5) is 0 Å². The van der Waals surface area contributed by atoms with Gasteiger partial charge in [0.2, 0.25) is 5.91 Å². The fourth-order valence-electron chi connectivity index (χ4n) is 2.14. The maximum atomic E-state index is 11.9. The number of benzene rings is 1. The molecule has 1 aromatic carbocycles. The number of amides is 1. The smallest absolute Gasteiger partial charge is 0.223 e. The van der Waals surface area contributed by atoms with Gasteiger partial charge in [0.1, 0.15) is 0 Å². The van der Waals surface area contributed by atoms with E-state index in [2.05, 4.69) is 31.3 Å². The molecule has 0 bridgehead atoms. The molecule has 2 rings (SSSR count). The van der Waals surface area contributed by atoms with Gasteiger partial charge in [-0.2, -0.15) is 0 Å². The zero-order valence-corrected chi connectivity index (χ0v) is 11.1. The Bertz CT molecular complexity index is 402. The molecule has 3 atom stereocenters. The SMILES string of the molecule is CC(C)C(N)CNC(=O)C1CC1c1ccccc1. The van der Waals surface area contributed by atoms with Gasteiger partial charge in [0.25, 0.3) is 0 Å². The first-order valence-corrected chi connectivity index (χ1v) is 6.68. The molecule has 0 spiro atoms. The lowest BCUT2D eigenvalue weighted by atomic mass is 10.1. The standard InChI is InChI=1S/C15H22N2O/c1-10(2)14(16)9-17-15(18)13-8-12(13)11-6-4-3-5-7-11/h3-7,10,12-14H,8-9,16H2,1-2H3,(H,17,18). The van der Waals surface area contributed by atoms with E-state index in [9.17, 15) is 4.79 Å². The van der Waals surface area contributed by atoms with Gasteiger partial charge in [0, 0.05) is 18.5 Å². The average Bonchev–Trinajstić information content (AvgIpc) is 3.16. The van der Waals surface area contributed by atoms with Crippen molar-refractivity contribution in [3.63, 3.8) is 0 Å². The Balaban J connectivity index is 1.80. The maximum absolute atomic E-state index is 11.9. The average molecular weight is 246 g/mol. The molecular formula is C15H22N2O. The summed E-state index contributed by atoms with van der Waals surface area (Å²) in [6.45, 7) is 4.72. The minimum Gasteiger partial charge on any atom is -0.354 e. The Hall–Kier alpha value is -1.35. The van der Waals surface area contributed by atoms with Crippen LogP contribution in [-0.4, -0.2) is 18.5 Å². The van der Waals surface area contributed by atoms with Crippen molar-refractivity contribution in [2.45, 2.75) is 32.2 Å². The lowest BCUT2D eigenvalue weighted by Gasteiger charge is -2.16. The fourth-order valence-corrected chi connectivity index (χ4v) is 2.14. The molecule has 0 saturated heterocycles. The molecule has 1 aromatic rings. The van der Waals surface area contributed by atoms with Gasteiger partial charge < -0.3 is 11.1 Å². The Labute approximate surface area is 109 Å². The Morgan fingerprint density at radius 1 is 1.39 bits per heavy atom. The molecule has 1 aliphatic rings. The number of hydrogen-bond donors (Lipinski definition) is 2. The molecule has 1 saturated carbocycles. The van der Waals surface area contributed by atoms with Gasteiger partial charge in [-0.15, -0.1) is 0 Å². The lowest BCUT2D eigenvalue weighted by molar-refractivity contribution is -0.122. The third kappa shape index (κ3) is 3.10. The lowest BCUT2D eigenvalue weighted by Crippen LogP contribution is -2.41. The Morgan fingerprint density at radius 3 is 2.67 bits per heavy atom. The van der Waals surface area contributed by atoms with Crippen molar-refractivity contribution in [2.75, 3.05) is 6.54 Å². The van der Waals surface area contributed by atoms with Crippen LogP contribution in [0.15, 0.2) is 30.3 Å². The molecule has 3 unspecified atom stereocenters. The monoisotopic (exact) mass is 246 g/mol. The van der Waals surface area contributed by atoms with Gasteiger partial charge in [0.05, 0.1) is 0 Å². The van der Waals surface area contributed by atoms with Gasteiger partial charge >= 0.3 is 0 Å². The van der Waals surface area contributed by atoms with Crippen molar-refractivity contribution >= 4 is 5.91 Å². The van der Waals surface area contributed by atoms with Crippen molar-refractivity contribution in [3.05, 3.63) is 35.9 Å². The summed E-state index contributed by atoms with van der Waals surface area (Å²) in [5.41, 5.74) is 7.19. The first kappa shape index (κ1) is 13.1. The predicted octanol–water partition coefficient (Wildman–Crippen LogP) is 1.89. The van der Waals surface area contributed by atoms with Crippen LogP contribution in [0.1, 0.15) is 31.7 Å². The van der Waals surface area contributed by atoms with Crippen LogP contribution in [0.25, 0.3) is 0 Å². The van der Waals surface area contributed by atoms with Crippen molar-refractivity contribution < 1.29 is 4.79 Å². The number of carbonyl (C=O) groups is 1. The van der Waals surface area contributed by atoms with Crippen LogP contribution in [0.2, 0.25) is 0 Å². The second-order valence-corrected chi connectivity index (χ2v) is 5.51. The second kappa shape index (κ2) is 5.53. The van der Waals surface area contributed by atoms with E-state index in [4.69, 9.17) is 5.73 Å². The molecule has 18 heavy (non-hydrogen) atoms. The summed E-state index contributed by atoms with van der Waals surface area (Å²) in [5, 5.41) is 2.96. The van der Waals surface area contributed by atoms with Crippen LogP contribution in [0.5, 0.6) is 0 Å². The number of nitrogens with two attached hydrogens (primary N) is 1. The summed E-state index contributed by atoms with van der Waals surface area (Å²) in [6.07, 6.45) is 0.965. The molecule has 1 fully saturated rings. The quantitative estimate of drug-likeness (QED) is 0.833. The van der Waals surface area contributed by atoms with E-state index in [0.29, 0.717) is 18.4 Å². The van der Waals surface area contributed by atoms with E-state index in [1.807, 2.05) is 18.2 Å². The zero-order chi connectivity index (χ0) is 13.1. The van der Waals surface area contributed by atoms with E-state index in [1.54, 1.807) is 0 Å². The van der Waals surface area contributed by atoms with E-state index >= 15 is 0 Å². The van der Waals surface area contributed by atoms with Crippen LogP contribution >= 0.6 is 0 Å². The number of nitrogens with one attached hydrogen (secondary N) is 1. The molecule has 98 valence electrons. The highest BCUT2D eigenvalue weighted by molar-refractivity contribution is 5.82. The highest BCUT2D eigenvalue weighted by Crippen LogP contribution is 2.47. The molecule has 1 amide bonds. The summed E-state index contributed by atoms with van der Waals surface area (Å²) in [7, 11) is 0.